The van der Waals surface area contributed by atoms with Gasteiger partial charge in [-0.1, -0.05) is 41.0 Å². The van der Waals surface area contributed by atoms with Crippen molar-refractivity contribution in [2.75, 3.05) is 6.26 Å². The summed E-state index contributed by atoms with van der Waals surface area (Å²) in [5.41, 5.74) is 4.69. The lowest BCUT2D eigenvalue weighted by Gasteiger charge is -2.02. The van der Waals surface area contributed by atoms with E-state index >= 15 is 0 Å². The Hall–Kier alpha value is -0.730. The summed E-state index contributed by atoms with van der Waals surface area (Å²) in [6.07, 6.45) is 21.5. The summed E-state index contributed by atoms with van der Waals surface area (Å²) in [7, 11) is 0. The number of thioether (sulfide) groups is 1. The lowest BCUT2D eigenvalue weighted by Crippen LogP contribution is -2.02. The molecule has 0 radical (unpaired) electrons. The SMILES string of the molecule is CSC=CCC/C(C)=C/CC/C=C(\C)CC/C=C(\C)CCC1OC1(C)C. The molecule has 1 rings (SSSR count). The number of hydrogen-bond acceptors (Lipinski definition) is 2. The first-order chi connectivity index (χ1) is 12.3. The van der Waals surface area contributed by atoms with Crippen molar-refractivity contribution in [2.24, 2.45) is 0 Å². The maximum atomic E-state index is 5.66. The lowest BCUT2D eigenvalue weighted by atomic mass is 10.0. The highest BCUT2D eigenvalue weighted by molar-refractivity contribution is 8.01. The predicted molar refractivity (Wildman–Crippen MR) is 120 cm³/mol. The number of ether oxygens (including phenoxy) is 1. The Kier molecular flexibility index (Phi) is 11.3. The Labute approximate surface area is 167 Å². The first-order valence-corrected chi connectivity index (χ1v) is 11.5. The average Bonchev–Trinajstić information content (AvgIpc) is 3.20. The second-order valence-corrected chi connectivity index (χ2v) is 8.91. The summed E-state index contributed by atoms with van der Waals surface area (Å²) >= 11 is 1.78. The molecule has 0 aliphatic carbocycles. The van der Waals surface area contributed by atoms with Gasteiger partial charge in [0, 0.05) is 0 Å². The first-order valence-electron chi connectivity index (χ1n) is 10.2. The molecule has 0 aromatic carbocycles. The van der Waals surface area contributed by atoms with E-state index in [2.05, 4.69) is 70.6 Å². The molecule has 1 aliphatic rings. The summed E-state index contributed by atoms with van der Waals surface area (Å²) in [6, 6.07) is 0. The van der Waals surface area contributed by atoms with Gasteiger partial charge in [0.1, 0.15) is 0 Å². The van der Waals surface area contributed by atoms with E-state index in [0.29, 0.717) is 6.10 Å². The van der Waals surface area contributed by atoms with Crippen LogP contribution in [0.15, 0.2) is 46.4 Å². The van der Waals surface area contributed by atoms with Crippen LogP contribution in [0.5, 0.6) is 0 Å². The maximum absolute atomic E-state index is 5.66. The van der Waals surface area contributed by atoms with Crippen molar-refractivity contribution in [2.45, 2.75) is 97.7 Å². The number of unbranched alkanes of at least 4 members (excludes halogenated alkanes) is 1. The molecule has 148 valence electrons. The minimum absolute atomic E-state index is 0.137. The van der Waals surface area contributed by atoms with Gasteiger partial charge in [0.15, 0.2) is 0 Å². The molecule has 0 bridgehead atoms. The monoisotopic (exact) mass is 376 g/mol. The van der Waals surface area contributed by atoms with Gasteiger partial charge in [-0.25, -0.2) is 0 Å². The summed E-state index contributed by atoms with van der Waals surface area (Å²) in [4.78, 5) is 0. The second-order valence-electron chi connectivity index (χ2n) is 8.16. The molecule has 1 heterocycles. The largest absolute Gasteiger partial charge is 0.367 e. The molecule has 1 atom stereocenters. The van der Waals surface area contributed by atoms with Gasteiger partial charge in [0.25, 0.3) is 0 Å². The minimum Gasteiger partial charge on any atom is -0.367 e. The third kappa shape index (κ3) is 11.1. The third-order valence-corrected chi connectivity index (χ3v) is 5.55. The molecule has 0 saturated carbocycles. The molecule has 0 aromatic heterocycles. The summed E-state index contributed by atoms with van der Waals surface area (Å²) < 4.78 is 5.66. The lowest BCUT2D eigenvalue weighted by molar-refractivity contribution is 0.320. The standard InChI is InChI=1S/C24H40OS/c1-20(14-9-10-19-26-6)12-7-8-13-21(2)15-11-16-22(3)17-18-23-24(4,5)25-23/h10,12-13,16,19,23H,7-9,11,14-15,17-18H2,1-6H3/b19-10?,20-12+,21-13+,22-16+. The van der Waals surface area contributed by atoms with Crippen LogP contribution in [0.3, 0.4) is 0 Å². The van der Waals surface area contributed by atoms with Gasteiger partial charge >= 0.3 is 0 Å². The van der Waals surface area contributed by atoms with E-state index < -0.39 is 0 Å². The smallest absolute Gasteiger partial charge is 0.0892 e. The zero-order valence-electron chi connectivity index (χ0n) is 17.9. The molecule has 0 amide bonds. The molecule has 26 heavy (non-hydrogen) atoms. The van der Waals surface area contributed by atoms with E-state index in [1.54, 1.807) is 11.8 Å². The third-order valence-electron chi connectivity index (χ3n) is 5.09. The van der Waals surface area contributed by atoms with E-state index in [4.69, 9.17) is 4.74 Å². The van der Waals surface area contributed by atoms with Crippen molar-refractivity contribution < 1.29 is 4.74 Å². The Bertz CT molecular complexity index is 522. The van der Waals surface area contributed by atoms with E-state index in [1.807, 2.05) is 0 Å². The normalized spacial score (nSPS) is 20.8. The van der Waals surface area contributed by atoms with Gasteiger partial charge in [0.05, 0.1) is 11.7 Å². The molecule has 0 spiro atoms. The van der Waals surface area contributed by atoms with Gasteiger partial charge < -0.3 is 4.74 Å². The molecule has 1 fully saturated rings. The fraction of sp³-hybridized carbons (Fsp3) is 0.667. The van der Waals surface area contributed by atoms with Crippen molar-refractivity contribution in [3.63, 3.8) is 0 Å². The number of hydrogen-bond donors (Lipinski definition) is 0. The van der Waals surface area contributed by atoms with Crippen LogP contribution in [0, 0.1) is 0 Å². The first kappa shape index (κ1) is 23.3. The highest BCUT2D eigenvalue weighted by atomic mass is 32.2. The van der Waals surface area contributed by atoms with Gasteiger partial charge in [-0.15, -0.1) is 11.8 Å². The van der Waals surface area contributed by atoms with E-state index in [9.17, 15) is 0 Å². The molecule has 0 aromatic rings. The molecule has 1 unspecified atom stereocenters. The Morgan fingerprint density at radius 3 is 1.88 bits per heavy atom. The Morgan fingerprint density at radius 2 is 1.35 bits per heavy atom. The van der Waals surface area contributed by atoms with Crippen LogP contribution in [-0.2, 0) is 4.74 Å². The van der Waals surface area contributed by atoms with E-state index in [1.165, 1.54) is 61.7 Å². The minimum atomic E-state index is 0.137. The number of allylic oxidation sites excluding steroid dienone is 7. The fourth-order valence-electron chi connectivity index (χ4n) is 3.09. The van der Waals surface area contributed by atoms with Crippen molar-refractivity contribution in [3.05, 3.63) is 46.4 Å². The number of epoxide rings is 1. The topological polar surface area (TPSA) is 12.5 Å². The summed E-state index contributed by atoms with van der Waals surface area (Å²) in [5.74, 6) is 0. The van der Waals surface area contributed by atoms with Crippen LogP contribution in [0.2, 0.25) is 0 Å². The number of rotatable bonds is 13. The van der Waals surface area contributed by atoms with Crippen molar-refractivity contribution in [3.8, 4) is 0 Å². The quantitative estimate of drug-likeness (QED) is 0.183. The summed E-state index contributed by atoms with van der Waals surface area (Å²) in [6.45, 7) is 11.2. The highest BCUT2D eigenvalue weighted by Gasteiger charge is 2.46. The fourth-order valence-corrected chi connectivity index (χ4v) is 3.41. The zero-order valence-corrected chi connectivity index (χ0v) is 18.8. The molecular weight excluding hydrogens is 336 g/mol. The van der Waals surface area contributed by atoms with Crippen molar-refractivity contribution in [1.82, 2.24) is 0 Å². The predicted octanol–water partition coefficient (Wildman–Crippen LogP) is 8.00. The molecule has 2 heteroatoms. The molecule has 1 nitrogen and oxygen atoms in total. The average molecular weight is 377 g/mol. The van der Waals surface area contributed by atoms with Crippen molar-refractivity contribution in [1.29, 1.82) is 0 Å². The van der Waals surface area contributed by atoms with E-state index in [0.717, 1.165) is 6.42 Å². The van der Waals surface area contributed by atoms with Crippen LogP contribution < -0.4 is 0 Å². The van der Waals surface area contributed by atoms with Crippen LogP contribution in [-0.4, -0.2) is 18.0 Å². The zero-order chi connectivity index (χ0) is 19.4. The van der Waals surface area contributed by atoms with Crippen LogP contribution in [0.1, 0.15) is 86.0 Å². The van der Waals surface area contributed by atoms with Gasteiger partial charge in [-0.3, -0.25) is 0 Å². The van der Waals surface area contributed by atoms with Gasteiger partial charge in [-0.05, 0) is 97.6 Å². The summed E-state index contributed by atoms with van der Waals surface area (Å²) in [5, 5.41) is 2.18. The maximum Gasteiger partial charge on any atom is 0.0892 e. The molecule has 1 aliphatic heterocycles. The highest BCUT2D eigenvalue weighted by Crippen LogP contribution is 2.38. The Balaban J connectivity index is 2.13. The van der Waals surface area contributed by atoms with Crippen LogP contribution >= 0.6 is 11.8 Å². The van der Waals surface area contributed by atoms with Crippen LogP contribution in [0.4, 0.5) is 0 Å². The van der Waals surface area contributed by atoms with Crippen LogP contribution in [0.25, 0.3) is 0 Å². The molecule has 1 saturated heterocycles. The Morgan fingerprint density at radius 1 is 0.846 bits per heavy atom. The van der Waals surface area contributed by atoms with Crippen molar-refractivity contribution >= 4 is 11.8 Å². The molecular formula is C24H40OS. The molecule has 0 N–H and O–H groups in total. The van der Waals surface area contributed by atoms with Gasteiger partial charge in [0.2, 0.25) is 0 Å². The van der Waals surface area contributed by atoms with E-state index in [-0.39, 0.29) is 5.60 Å². The van der Waals surface area contributed by atoms with Gasteiger partial charge in [-0.2, -0.15) is 0 Å². The second kappa shape index (κ2) is 12.6.